The number of ether oxygens (including phenoxy) is 1. The predicted octanol–water partition coefficient (Wildman–Crippen LogP) is 1.79. The van der Waals surface area contributed by atoms with Crippen molar-refractivity contribution in [3.8, 4) is 0 Å². The van der Waals surface area contributed by atoms with E-state index in [1.807, 2.05) is 0 Å². The number of rotatable bonds is 5. The zero-order chi connectivity index (χ0) is 12.3. The summed E-state index contributed by atoms with van der Waals surface area (Å²) in [6.45, 7) is 12.7. The summed E-state index contributed by atoms with van der Waals surface area (Å²) in [6, 6.07) is 1.000. The Bertz CT molecular complexity index is 267. The molecule has 3 unspecified atom stereocenters. The highest BCUT2D eigenvalue weighted by molar-refractivity contribution is 5.07. The molecule has 3 nitrogen and oxygen atoms in total. The van der Waals surface area contributed by atoms with Gasteiger partial charge in [0, 0.05) is 12.6 Å². The largest absolute Gasteiger partial charge is 0.373 e. The van der Waals surface area contributed by atoms with Crippen LogP contribution in [0.15, 0.2) is 12.2 Å². The minimum atomic E-state index is 0.286. The van der Waals surface area contributed by atoms with Crippen molar-refractivity contribution in [1.82, 2.24) is 10.2 Å². The summed E-state index contributed by atoms with van der Waals surface area (Å²) < 4.78 is 6.05. The molecule has 3 heteroatoms. The maximum Gasteiger partial charge on any atom is 0.0893 e. The zero-order valence-electron chi connectivity index (χ0n) is 11.2. The Morgan fingerprint density at radius 2 is 2.41 bits per heavy atom. The molecule has 2 saturated heterocycles. The quantitative estimate of drug-likeness (QED) is 0.739. The van der Waals surface area contributed by atoms with E-state index in [0.29, 0.717) is 12.1 Å². The van der Waals surface area contributed by atoms with Crippen LogP contribution in [0.25, 0.3) is 0 Å². The van der Waals surface area contributed by atoms with Gasteiger partial charge < -0.3 is 10.1 Å². The van der Waals surface area contributed by atoms with Crippen molar-refractivity contribution in [3.63, 3.8) is 0 Å². The molecule has 0 amide bonds. The second kappa shape index (κ2) is 5.98. The van der Waals surface area contributed by atoms with Crippen LogP contribution in [0.4, 0.5) is 0 Å². The van der Waals surface area contributed by atoms with Gasteiger partial charge in [0.2, 0.25) is 0 Å². The molecule has 2 fully saturated rings. The molecule has 0 spiro atoms. The monoisotopic (exact) mass is 238 g/mol. The molecule has 2 heterocycles. The molecule has 0 aromatic heterocycles. The van der Waals surface area contributed by atoms with Gasteiger partial charge in [-0.05, 0) is 39.3 Å². The number of hydrogen-bond donors (Lipinski definition) is 1. The Hall–Kier alpha value is -0.380. The summed E-state index contributed by atoms with van der Waals surface area (Å²) in [5.74, 6) is 0. The van der Waals surface area contributed by atoms with Crippen LogP contribution in [0.3, 0.4) is 0 Å². The molecular formula is C14H26N2O. The average Bonchev–Trinajstić information content (AvgIpc) is 2.76. The molecule has 0 aromatic carbocycles. The van der Waals surface area contributed by atoms with E-state index in [9.17, 15) is 0 Å². The lowest BCUT2D eigenvalue weighted by molar-refractivity contribution is -0.0590. The van der Waals surface area contributed by atoms with Gasteiger partial charge in [0.15, 0.2) is 0 Å². The molecule has 2 aliphatic heterocycles. The molecule has 2 rings (SSSR count). The number of fused-ring (bicyclic) bond motifs is 1. The van der Waals surface area contributed by atoms with Crippen LogP contribution in [0.2, 0.25) is 0 Å². The van der Waals surface area contributed by atoms with Gasteiger partial charge in [0.1, 0.15) is 0 Å². The van der Waals surface area contributed by atoms with Crippen LogP contribution in [0.1, 0.15) is 33.1 Å². The van der Waals surface area contributed by atoms with E-state index in [1.165, 1.54) is 25.0 Å². The summed E-state index contributed by atoms with van der Waals surface area (Å²) >= 11 is 0. The summed E-state index contributed by atoms with van der Waals surface area (Å²) in [6.07, 6.45) is 4.09. The first kappa shape index (κ1) is 13.1. The van der Waals surface area contributed by atoms with Gasteiger partial charge in [0.25, 0.3) is 0 Å². The van der Waals surface area contributed by atoms with Gasteiger partial charge in [-0.15, -0.1) is 0 Å². The van der Waals surface area contributed by atoms with Crippen molar-refractivity contribution in [2.24, 2.45) is 0 Å². The standard InChI is InChI=1S/C14H26N2O/c1-4-7-15-14(11(2)3)13-9-16-8-5-6-12(16)10-17-13/h12-15H,2,4-10H2,1,3H3. The van der Waals surface area contributed by atoms with Gasteiger partial charge in [-0.2, -0.15) is 0 Å². The Labute approximate surface area is 105 Å². The number of nitrogens with one attached hydrogen (secondary N) is 1. The molecule has 17 heavy (non-hydrogen) atoms. The molecule has 0 saturated carbocycles. The Balaban J connectivity index is 1.92. The average molecular weight is 238 g/mol. The molecule has 98 valence electrons. The second-order valence-corrected chi connectivity index (χ2v) is 5.44. The first-order valence-electron chi connectivity index (χ1n) is 6.96. The maximum atomic E-state index is 6.05. The number of nitrogens with zero attached hydrogens (tertiary/aromatic N) is 1. The minimum Gasteiger partial charge on any atom is -0.373 e. The third-order valence-electron chi connectivity index (χ3n) is 3.93. The number of hydrogen-bond acceptors (Lipinski definition) is 3. The Kier molecular flexibility index (Phi) is 4.60. The smallest absolute Gasteiger partial charge is 0.0893 e. The summed E-state index contributed by atoms with van der Waals surface area (Å²) in [5.41, 5.74) is 1.20. The molecule has 0 bridgehead atoms. The summed E-state index contributed by atoms with van der Waals surface area (Å²) in [7, 11) is 0. The Morgan fingerprint density at radius 3 is 3.12 bits per heavy atom. The van der Waals surface area contributed by atoms with Crippen molar-refractivity contribution in [3.05, 3.63) is 12.2 Å². The van der Waals surface area contributed by atoms with Gasteiger partial charge >= 0.3 is 0 Å². The molecule has 1 N–H and O–H groups in total. The van der Waals surface area contributed by atoms with E-state index in [0.717, 1.165) is 26.1 Å². The SMILES string of the molecule is C=C(C)C(NCCC)C1CN2CCCC2CO1. The molecular weight excluding hydrogens is 212 g/mol. The van der Waals surface area contributed by atoms with Crippen molar-refractivity contribution < 1.29 is 4.74 Å². The second-order valence-electron chi connectivity index (χ2n) is 5.44. The van der Waals surface area contributed by atoms with Crippen molar-refractivity contribution >= 4 is 0 Å². The molecule has 0 aliphatic carbocycles. The van der Waals surface area contributed by atoms with Crippen LogP contribution in [0.5, 0.6) is 0 Å². The highest BCUT2D eigenvalue weighted by Crippen LogP contribution is 2.25. The highest BCUT2D eigenvalue weighted by Gasteiger charge is 2.35. The van der Waals surface area contributed by atoms with E-state index in [4.69, 9.17) is 4.74 Å². The predicted molar refractivity (Wildman–Crippen MR) is 71.2 cm³/mol. The third kappa shape index (κ3) is 3.09. The van der Waals surface area contributed by atoms with Gasteiger partial charge in [-0.1, -0.05) is 19.1 Å². The molecule has 0 radical (unpaired) electrons. The lowest BCUT2D eigenvalue weighted by Gasteiger charge is -2.39. The van der Waals surface area contributed by atoms with Gasteiger partial charge in [-0.25, -0.2) is 0 Å². The van der Waals surface area contributed by atoms with Crippen LogP contribution in [0, 0.1) is 0 Å². The first-order chi connectivity index (χ1) is 8.22. The maximum absolute atomic E-state index is 6.05. The summed E-state index contributed by atoms with van der Waals surface area (Å²) in [4.78, 5) is 2.59. The van der Waals surface area contributed by atoms with Crippen LogP contribution < -0.4 is 5.32 Å². The van der Waals surface area contributed by atoms with E-state index < -0.39 is 0 Å². The molecule has 2 aliphatic rings. The fourth-order valence-electron chi connectivity index (χ4n) is 2.97. The fourth-order valence-corrected chi connectivity index (χ4v) is 2.97. The van der Waals surface area contributed by atoms with Crippen molar-refractivity contribution in [2.45, 2.75) is 51.3 Å². The fraction of sp³-hybridized carbons (Fsp3) is 0.857. The lowest BCUT2D eigenvalue weighted by atomic mass is 10.0. The van der Waals surface area contributed by atoms with E-state index >= 15 is 0 Å². The van der Waals surface area contributed by atoms with Crippen LogP contribution in [-0.2, 0) is 4.74 Å². The molecule has 3 atom stereocenters. The van der Waals surface area contributed by atoms with E-state index in [2.05, 4.69) is 30.6 Å². The lowest BCUT2D eigenvalue weighted by Crippen LogP contribution is -2.54. The van der Waals surface area contributed by atoms with Crippen LogP contribution >= 0.6 is 0 Å². The van der Waals surface area contributed by atoms with Crippen LogP contribution in [-0.4, -0.2) is 49.3 Å². The molecule has 0 aromatic rings. The highest BCUT2D eigenvalue weighted by atomic mass is 16.5. The van der Waals surface area contributed by atoms with Crippen molar-refractivity contribution in [1.29, 1.82) is 0 Å². The van der Waals surface area contributed by atoms with E-state index in [1.54, 1.807) is 0 Å². The Morgan fingerprint density at radius 1 is 1.59 bits per heavy atom. The van der Waals surface area contributed by atoms with Crippen molar-refractivity contribution in [2.75, 3.05) is 26.2 Å². The topological polar surface area (TPSA) is 24.5 Å². The zero-order valence-corrected chi connectivity index (χ0v) is 11.2. The third-order valence-corrected chi connectivity index (χ3v) is 3.93. The number of morpholine rings is 1. The first-order valence-corrected chi connectivity index (χ1v) is 6.96. The van der Waals surface area contributed by atoms with Gasteiger partial charge in [0.05, 0.1) is 18.8 Å². The normalized spacial score (nSPS) is 31.2. The van der Waals surface area contributed by atoms with E-state index in [-0.39, 0.29) is 6.10 Å². The van der Waals surface area contributed by atoms with Gasteiger partial charge in [-0.3, -0.25) is 4.90 Å². The summed E-state index contributed by atoms with van der Waals surface area (Å²) in [5, 5.41) is 3.57. The minimum absolute atomic E-state index is 0.286.